The van der Waals surface area contributed by atoms with E-state index in [1.54, 1.807) is 11.0 Å². The van der Waals surface area contributed by atoms with Crippen LogP contribution in [0.3, 0.4) is 0 Å². The number of ether oxygens (including phenoxy) is 2. The third-order valence-corrected chi connectivity index (χ3v) is 6.62. The van der Waals surface area contributed by atoms with Gasteiger partial charge in [-0.2, -0.15) is 0 Å². The highest BCUT2D eigenvalue weighted by Gasteiger charge is 2.34. The van der Waals surface area contributed by atoms with Crippen LogP contribution in [-0.2, 0) is 11.3 Å². The van der Waals surface area contributed by atoms with E-state index in [1.165, 1.54) is 5.56 Å². The third kappa shape index (κ3) is 4.60. The van der Waals surface area contributed by atoms with E-state index in [1.807, 2.05) is 39.0 Å². The number of carbonyl (C=O) groups is 2. The van der Waals surface area contributed by atoms with Crippen LogP contribution in [0, 0.1) is 20.8 Å². The number of benzene rings is 2. The molecule has 3 heterocycles. The number of piperidine rings is 1. The van der Waals surface area contributed by atoms with E-state index in [-0.39, 0.29) is 24.3 Å². The van der Waals surface area contributed by atoms with E-state index < -0.39 is 6.04 Å². The number of likely N-dealkylation sites (tertiary alicyclic amines) is 1. The van der Waals surface area contributed by atoms with Crippen LogP contribution in [0.15, 0.2) is 40.9 Å². The predicted molar refractivity (Wildman–Crippen MR) is 129 cm³/mol. The van der Waals surface area contributed by atoms with Gasteiger partial charge >= 0.3 is 0 Å². The molecule has 0 bridgehead atoms. The van der Waals surface area contributed by atoms with Crippen molar-refractivity contribution < 1.29 is 23.6 Å². The molecular formula is C27H29N3O5. The molecule has 2 amide bonds. The van der Waals surface area contributed by atoms with Crippen molar-refractivity contribution in [3.05, 3.63) is 64.3 Å². The van der Waals surface area contributed by atoms with Gasteiger partial charge in [0.25, 0.3) is 5.91 Å². The molecule has 0 radical (unpaired) electrons. The van der Waals surface area contributed by atoms with Crippen molar-refractivity contribution in [3.8, 4) is 22.8 Å². The first-order valence-corrected chi connectivity index (χ1v) is 11.9. The average Bonchev–Trinajstić information content (AvgIpc) is 3.51. The summed E-state index contributed by atoms with van der Waals surface area (Å²) >= 11 is 0. The minimum atomic E-state index is -0.548. The van der Waals surface area contributed by atoms with Crippen LogP contribution in [0.2, 0.25) is 0 Å². The molecule has 1 saturated heterocycles. The van der Waals surface area contributed by atoms with Crippen molar-refractivity contribution in [1.29, 1.82) is 0 Å². The molecule has 3 aromatic rings. The van der Waals surface area contributed by atoms with Gasteiger partial charge in [0, 0.05) is 24.7 Å². The van der Waals surface area contributed by atoms with Crippen molar-refractivity contribution >= 4 is 11.8 Å². The molecule has 1 fully saturated rings. The van der Waals surface area contributed by atoms with Crippen LogP contribution in [-0.4, -0.2) is 41.3 Å². The quantitative estimate of drug-likeness (QED) is 0.591. The fraction of sp³-hybridized carbons (Fsp3) is 0.370. The molecule has 35 heavy (non-hydrogen) atoms. The molecule has 2 aliphatic heterocycles. The zero-order chi connectivity index (χ0) is 24.5. The van der Waals surface area contributed by atoms with Gasteiger partial charge in [-0.25, -0.2) is 0 Å². The molecule has 8 nitrogen and oxygen atoms in total. The Morgan fingerprint density at radius 2 is 1.80 bits per heavy atom. The van der Waals surface area contributed by atoms with Crippen molar-refractivity contribution in [3.63, 3.8) is 0 Å². The summed E-state index contributed by atoms with van der Waals surface area (Å²) in [5.74, 6) is 1.47. The van der Waals surface area contributed by atoms with E-state index in [2.05, 4.69) is 22.6 Å². The Bertz CT molecular complexity index is 1260. The van der Waals surface area contributed by atoms with E-state index in [0.717, 1.165) is 35.1 Å². The third-order valence-electron chi connectivity index (χ3n) is 6.62. The Morgan fingerprint density at radius 3 is 2.60 bits per heavy atom. The monoisotopic (exact) mass is 475 g/mol. The van der Waals surface area contributed by atoms with Crippen LogP contribution in [0.25, 0.3) is 11.3 Å². The molecule has 1 N–H and O–H groups in total. The van der Waals surface area contributed by atoms with Gasteiger partial charge in [0.15, 0.2) is 23.0 Å². The maximum absolute atomic E-state index is 13.4. The number of nitrogens with one attached hydrogen (secondary N) is 1. The Balaban J connectivity index is 1.30. The lowest BCUT2D eigenvalue weighted by Gasteiger charge is -2.34. The minimum Gasteiger partial charge on any atom is -0.454 e. The SMILES string of the molecule is Cc1cc(C)c(-c2cc(C(=O)N3CCCC[C@H]3C(=O)NCc3ccc4c(c3)OCO4)no2)c(C)c1. The lowest BCUT2D eigenvalue weighted by molar-refractivity contribution is -0.126. The Kier molecular flexibility index (Phi) is 6.19. The highest BCUT2D eigenvalue weighted by atomic mass is 16.7. The normalized spacial score (nSPS) is 16.9. The highest BCUT2D eigenvalue weighted by molar-refractivity contribution is 5.97. The summed E-state index contributed by atoms with van der Waals surface area (Å²) in [7, 11) is 0. The molecule has 0 aliphatic carbocycles. The summed E-state index contributed by atoms with van der Waals surface area (Å²) < 4.78 is 16.3. The first-order chi connectivity index (χ1) is 16.9. The summed E-state index contributed by atoms with van der Waals surface area (Å²) in [5, 5.41) is 7.04. The van der Waals surface area contributed by atoms with Gasteiger partial charge in [-0.05, 0) is 68.9 Å². The van der Waals surface area contributed by atoms with E-state index in [4.69, 9.17) is 14.0 Å². The molecule has 2 aromatic carbocycles. The topological polar surface area (TPSA) is 93.9 Å². The van der Waals surface area contributed by atoms with Gasteiger partial charge in [0.1, 0.15) is 6.04 Å². The largest absolute Gasteiger partial charge is 0.454 e. The number of aromatic nitrogens is 1. The number of hydrogen-bond acceptors (Lipinski definition) is 6. The lowest BCUT2D eigenvalue weighted by Crippen LogP contribution is -2.51. The molecule has 8 heteroatoms. The van der Waals surface area contributed by atoms with Crippen LogP contribution < -0.4 is 14.8 Å². The fourth-order valence-electron chi connectivity index (χ4n) is 5.01. The standard InChI is InChI=1S/C27H29N3O5/c1-16-10-17(2)25(18(3)11-16)24-13-20(29-35-24)27(32)30-9-5-4-6-21(30)26(31)28-14-19-7-8-22-23(12-19)34-15-33-22/h7-8,10-13,21H,4-6,9,14-15H2,1-3H3,(H,28,31)/t21-/m0/s1. The van der Waals surface area contributed by atoms with Gasteiger partial charge < -0.3 is 24.2 Å². The molecule has 0 saturated carbocycles. The average molecular weight is 476 g/mol. The number of carbonyl (C=O) groups excluding carboxylic acids is 2. The van der Waals surface area contributed by atoms with Gasteiger partial charge in [-0.3, -0.25) is 9.59 Å². The van der Waals surface area contributed by atoms with Crippen molar-refractivity contribution in [1.82, 2.24) is 15.4 Å². The maximum Gasteiger partial charge on any atom is 0.276 e. The molecule has 1 aromatic heterocycles. The summed E-state index contributed by atoms with van der Waals surface area (Å²) in [6.45, 7) is 7.14. The first kappa shape index (κ1) is 23.0. The number of aryl methyl sites for hydroxylation is 3. The van der Waals surface area contributed by atoms with Crippen molar-refractivity contribution in [2.75, 3.05) is 13.3 Å². The second-order valence-corrected chi connectivity index (χ2v) is 9.27. The number of fused-ring (bicyclic) bond motifs is 1. The Hall–Kier alpha value is -3.81. The van der Waals surface area contributed by atoms with Crippen LogP contribution in [0.4, 0.5) is 0 Å². The van der Waals surface area contributed by atoms with Crippen molar-refractivity contribution in [2.45, 2.75) is 52.6 Å². The van der Waals surface area contributed by atoms with Crippen LogP contribution >= 0.6 is 0 Å². The summed E-state index contributed by atoms with van der Waals surface area (Å²) in [5.41, 5.74) is 5.37. The first-order valence-electron chi connectivity index (χ1n) is 11.9. The second kappa shape index (κ2) is 9.44. The van der Waals surface area contributed by atoms with Crippen molar-refractivity contribution in [2.24, 2.45) is 0 Å². The number of nitrogens with zero attached hydrogens (tertiary/aromatic N) is 2. The zero-order valence-electron chi connectivity index (χ0n) is 20.2. The molecule has 182 valence electrons. The summed E-state index contributed by atoms with van der Waals surface area (Å²) in [6, 6.07) is 10.9. The Labute approximate surface area is 204 Å². The maximum atomic E-state index is 13.4. The van der Waals surface area contributed by atoms with Gasteiger partial charge in [0.05, 0.1) is 0 Å². The number of amides is 2. The molecule has 0 unspecified atom stereocenters. The summed E-state index contributed by atoms with van der Waals surface area (Å²) in [4.78, 5) is 28.1. The molecule has 2 aliphatic rings. The molecular weight excluding hydrogens is 446 g/mol. The van der Waals surface area contributed by atoms with Gasteiger partial charge in [-0.15, -0.1) is 0 Å². The van der Waals surface area contributed by atoms with E-state index in [0.29, 0.717) is 36.8 Å². The van der Waals surface area contributed by atoms with E-state index >= 15 is 0 Å². The predicted octanol–water partition coefficient (Wildman–Crippen LogP) is 4.31. The lowest BCUT2D eigenvalue weighted by atomic mass is 9.97. The van der Waals surface area contributed by atoms with Crippen LogP contribution in [0.1, 0.15) is 52.0 Å². The smallest absolute Gasteiger partial charge is 0.276 e. The number of rotatable bonds is 5. The second-order valence-electron chi connectivity index (χ2n) is 9.27. The zero-order valence-corrected chi connectivity index (χ0v) is 20.2. The van der Waals surface area contributed by atoms with Gasteiger partial charge in [-0.1, -0.05) is 28.9 Å². The molecule has 5 rings (SSSR count). The van der Waals surface area contributed by atoms with Gasteiger partial charge in [0.2, 0.25) is 12.7 Å². The van der Waals surface area contributed by atoms with E-state index in [9.17, 15) is 9.59 Å². The van der Waals surface area contributed by atoms with Crippen LogP contribution in [0.5, 0.6) is 11.5 Å². The minimum absolute atomic E-state index is 0.176. The highest BCUT2D eigenvalue weighted by Crippen LogP contribution is 2.33. The molecule has 0 spiro atoms. The Morgan fingerprint density at radius 1 is 1.03 bits per heavy atom. The summed E-state index contributed by atoms with van der Waals surface area (Å²) in [6.07, 6.45) is 2.34. The molecule has 1 atom stereocenters. The fourth-order valence-corrected chi connectivity index (χ4v) is 5.01. The number of hydrogen-bond donors (Lipinski definition) is 1.